The van der Waals surface area contributed by atoms with Gasteiger partial charge in [-0.3, -0.25) is 9.78 Å². The zero-order valence-electron chi connectivity index (χ0n) is 10.6. The van der Waals surface area contributed by atoms with E-state index in [9.17, 15) is 4.79 Å². The van der Waals surface area contributed by atoms with E-state index in [4.69, 9.17) is 0 Å². The predicted molar refractivity (Wildman–Crippen MR) is 78.4 cm³/mol. The van der Waals surface area contributed by atoms with Gasteiger partial charge in [-0.25, -0.2) is 4.98 Å². The summed E-state index contributed by atoms with van der Waals surface area (Å²) in [5.74, 6) is 0.216. The molecule has 0 aliphatic carbocycles. The average molecular weight is 321 g/mol. The molecule has 0 spiro atoms. The van der Waals surface area contributed by atoms with Gasteiger partial charge >= 0.3 is 0 Å². The summed E-state index contributed by atoms with van der Waals surface area (Å²) in [5.41, 5.74) is 1.99. The first-order chi connectivity index (χ1) is 9.10. The average Bonchev–Trinajstić information content (AvgIpc) is 2.43. The number of nitrogens with one attached hydrogen (secondary N) is 2. The molecule has 6 heteroatoms. The largest absolute Gasteiger partial charge is 0.388 e. The van der Waals surface area contributed by atoms with Gasteiger partial charge < -0.3 is 10.6 Å². The zero-order chi connectivity index (χ0) is 13.8. The summed E-state index contributed by atoms with van der Waals surface area (Å²) >= 11 is 3.36. The maximum atomic E-state index is 12.0. The van der Waals surface area contributed by atoms with Gasteiger partial charge in [0, 0.05) is 23.4 Å². The van der Waals surface area contributed by atoms with Crippen LogP contribution in [0.3, 0.4) is 0 Å². The van der Waals surface area contributed by atoms with E-state index in [0.717, 1.165) is 15.9 Å². The van der Waals surface area contributed by atoms with Gasteiger partial charge in [0.1, 0.15) is 11.5 Å². The number of hydrogen-bond donors (Lipinski definition) is 2. The normalized spacial score (nSPS) is 10.1. The van der Waals surface area contributed by atoms with Crippen molar-refractivity contribution in [2.75, 3.05) is 17.7 Å². The number of pyridine rings is 2. The number of aryl methyl sites for hydroxylation is 1. The van der Waals surface area contributed by atoms with E-state index in [1.165, 1.54) is 0 Å². The molecule has 19 heavy (non-hydrogen) atoms. The van der Waals surface area contributed by atoms with E-state index in [2.05, 4.69) is 36.5 Å². The fourth-order valence-corrected chi connectivity index (χ4v) is 1.73. The van der Waals surface area contributed by atoms with E-state index >= 15 is 0 Å². The molecule has 0 aromatic carbocycles. The molecule has 0 fully saturated rings. The van der Waals surface area contributed by atoms with Crippen LogP contribution >= 0.6 is 15.9 Å². The Bertz CT molecular complexity index is 615. The molecule has 1 amide bonds. The highest BCUT2D eigenvalue weighted by Gasteiger charge is 2.09. The summed E-state index contributed by atoms with van der Waals surface area (Å²) in [6.45, 7) is 1.86. The summed E-state index contributed by atoms with van der Waals surface area (Å²) in [4.78, 5) is 20.3. The Balaban J connectivity index is 2.18. The van der Waals surface area contributed by atoms with Crippen LogP contribution in [-0.2, 0) is 0 Å². The number of carbonyl (C=O) groups excluding carboxylic acids is 1. The quantitative estimate of drug-likeness (QED) is 0.912. The number of rotatable bonds is 3. The molecular weight excluding hydrogens is 308 g/mol. The lowest BCUT2D eigenvalue weighted by molar-refractivity contribution is 0.102. The Morgan fingerprint density at radius 3 is 2.79 bits per heavy atom. The fraction of sp³-hybridized carbons (Fsp3) is 0.154. The standard InChI is InChI=1S/C13H13BrN4O/c1-8-10(14)3-4-12(17-8)18-13(19)11-7-9(15-2)5-6-16-11/h3-7H,1-2H3,(H,15,16)(H,17,18,19). The zero-order valence-corrected chi connectivity index (χ0v) is 12.2. The highest BCUT2D eigenvalue weighted by atomic mass is 79.9. The Morgan fingerprint density at radius 1 is 1.32 bits per heavy atom. The van der Waals surface area contributed by atoms with Crippen LogP contribution in [0.1, 0.15) is 16.2 Å². The molecule has 0 saturated heterocycles. The van der Waals surface area contributed by atoms with Crippen molar-refractivity contribution < 1.29 is 4.79 Å². The minimum absolute atomic E-state index is 0.286. The molecule has 2 heterocycles. The van der Waals surface area contributed by atoms with E-state index in [-0.39, 0.29) is 5.91 Å². The minimum atomic E-state index is -0.286. The number of aromatic nitrogens is 2. The van der Waals surface area contributed by atoms with Crippen molar-refractivity contribution in [3.05, 3.63) is 46.3 Å². The fourth-order valence-electron chi connectivity index (χ4n) is 1.50. The lowest BCUT2D eigenvalue weighted by Gasteiger charge is -2.06. The lowest BCUT2D eigenvalue weighted by Crippen LogP contribution is -2.15. The van der Waals surface area contributed by atoms with Gasteiger partial charge in [-0.1, -0.05) is 0 Å². The van der Waals surface area contributed by atoms with Crippen LogP contribution in [0.2, 0.25) is 0 Å². The molecule has 0 radical (unpaired) electrons. The second-order valence-electron chi connectivity index (χ2n) is 3.90. The third kappa shape index (κ3) is 3.29. The van der Waals surface area contributed by atoms with Crippen LogP contribution in [0, 0.1) is 6.92 Å². The van der Waals surface area contributed by atoms with Gasteiger partial charge in [0.15, 0.2) is 0 Å². The first kappa shape index (κ1) is 13.5. The third-order valence-corrected chi connectivity index (χ3v) is 3.38. The van der Waals surface area contributed by atoms with E-state index < -0.39 is 0 Å². The molecular formula is C13H13BrN4O. The Kier molecular flexibility index (Phi) is 4.11. The maximum Gasteiger partial charge on any atom is 0.275 e. The molecule has 98 valence electrons. The van der Waals surface area contributed by atoms with Gasteiger partial charge in [-0.05, 0) is 47.1 Å². The van der Waals surface area contributed by atoms with Crippen molar-refractivity contribution in [3.63, 3.8) is 0 Å². The second-order valence-corrected chi connectivity index (χ2v) is 4.75. The molecule has 0 unspecified atom stereocenters. The van der Waals surface area contributed by atoms with Crippen LogP contribution in [0.5, 0.6) is 0 Å². The minimum Gasteiger partial charge on any atom is -0.388 e. The number of halogens is 1. The van der Waals surface area contributed by atoms with Crippen LogP contribution in [0.25, 0.3) is 0 Å². The summed E-state index contributed by atoms with van der Waals surface area (Å²) in [5, 5.41) is 5.68. The Labute approximate surface area is 119 Å². The molecule has 0 bridgehead atoms. The smallest absolute Gasteiger partial charge is 0.275 e. The van der Waals surface area contributed by atoms with Crippen molar-refractivity contribution in [3.8, 4) is 0 Å². The van der Waals surface area contributed by atoms with Gasteiger partial charge in [-0.2, -0.15) is 0 Å². The Morgan fingerprint density at radius 2 is 2.11 bits per heavy atom. The number of carbonyl (C=O) groups is 1. The summed E-state index contributed by atoms with van der Waals surface area (Å²) in [6, 6.07) is 7.05. The molecule has 0 aliphatic heterocycles. The van der Waals surface area contributed by atoms with Crippen molar-refractivity contribution in [1.29, 1.82) is 0 Å². The molecule has 5 nitrogen and oxygen atoms in total. The molecule has 0 aliphatic rings. The van der Waals surface area contributed by atoms with Gasteiger partial charge in [-0.15, -0.1) is 0 Å². The van der Waals surface area contributed by atoms with E-state index in [1.54, 1.807) is 31.4 Å². The van der Waals surface area contributed by atoms with Gasteiger partial charge in [0.2, 0.25) is 0 Å². The molecule has 2 aromatic rings. The SMILES string of the molecule is CNc1ccnc(C(=O)Nc2ccc(Br)c(C)n2)c1. The van der Waals surface area contributed by atoms with Crippen molar-refractivity contribution in [1.82, 2.24) is 9.97 Å². The number of anilines is 2. The lowest BCUT2D eigenvalue weighted by atomic mass is 10.3. The molecule has 2 aromatic heterocycles. The predicted octanol–water partition coefficient (Wildman–Crippen LogP) is 2.84. The first-order valence-corrected chi connectivity index (χ1v) is 6.48. The third-order valence-electron chi connectivity index (χ3n) is 2.54. The van der Waals surface area contributed by atoms with Crippen LogP contribution < -0.4 is 10.6 Å². The number of hydrogen-bond acceptors (Lipinski definition) is 4. The summed E-state index contributed by atoms with van der Waals surface area (Å²) < 4.78 is 0.904. The monoisotopic (exact) mass is 320 g/mol. The van der Waals surface area contributed by atoms with E-state index in [0.29, 0.717) is 11.5 Å². The maximum absolute atomic E-state index is 12.0. The van der Waals surface area contributed by atoms with Gasteiger partial charge in [0.25, 0.3) is 5.91 Å². The van der Waals surface area contributed by atoms with Crippen molar-refractivity contribution in [2.24, 2.45) is 0 Å². The highest BCUT2D eigenvalue weighted by molar-refractivity contribution is 9.10. The number of amides is 1. The summed E-state index contributed by atoms with van der Waals surface area (Å²) in [7, 11) is 1.79. The molecule has 2 N–H and O–H groups in total. The Hall–Kier alpha value is -1.95. The summed E-state index contributed by atoms with van der Waals surface area (Å²) in [6.07, 6.45) is 1.58. The molecule has 2 rings (SSSR count). The first-order valence-electron chi connectivity index (χ1n) is 5.68. The topological polar surface area (TPSA) is 66.9 Å². The molecule has 0 atom stereocenters. The van der Waals surface area contributed by atoms with Crippen LogP contribution in [0.4, 0.5) is 11.5 Å². The van der Waals surface area contributed by atoms with Gasteiger partial charge in [0.05, 0.1) is 5.69 Å². The highest BCUT2D eigenvalue weighted by Crippen LogP contribution is 2.16. The van der Waals surface area contributed by atoms with Crippen molar-refractivity contribution in [2.45, 2.75) is 6.92 Å². The van der Waals surface area contributed by atoms with Crippen LogP contribution in [-0.4, -0.2) is 22.9 Å². The number of nitrogens with zero attached hydrogens (tertiary/aromatic N) is 2. The van der Waals surface area contributed by atoms with E-state index in [1.807, 2.05) is 13.0 Å². The van der Waals surface area contributed by atoms with Crippen molar-refractivity contribution >= 4 is 33.3 Å². The second kappa shape index (κ2) is 5.79. The molecule has 0 saturated carbocycles. The van der Waals surface area contributed by atoms with Crippen LogP contribution in [0.15, 0.2) is 34.9 Å².